The molecule has 0 aliphatic carbocycles. The Balaban J connectivity index is 1.62. The molecule has 0 aliphatic rings. The highest BCUT2D eigenvalue weighted by molar-refractivity contribution is 7.80. The van der Waals surface area contributed by atoms with Gasteiger partial charge in [0.25, 0.3) is 5.56 Å². The summed E-state index contributed by atoms with van der Waals surface area (Å²) < 4.78 is 5.34. The lowest BCUT2D eigenvalue weighted by atomic mass is 10.1. The van der Waals surface area contributed by atoms with Crippen molar-refractivity contribution in [3.05, 3.63) is 112 Å². The Morgan fingerprint density at radius 3 is 2.39 bits per heavy atom. The quantitative estimate of drug-likeness (QED) is 0.375. The zero-order valence-corrected chi connectivity index (χ0v) is 19.6. The molecule has 0 radical (unpaired) electrons. The Morgan fingerprint density at radius 2 is 1.70 bits per heavy atom. The molecule has 4 rings (SSSR count). The molecule has 168 valence electrons. The number of nitrogens with one attached hydrogen (secondary N) is 2. The second-order valence-electron chi connectivity index (χ2n) is 8.00. The number of methoxy groups -OCH3 is 1. The van der Waals surface area contributed by atoms with Crippen LogP contribution in [0.3, 0.4) is 0 Å². The SMILES string of the molecule is COc1ccc2[nH]c(=O)c(CN(Cc3ccccc3)C(=S)N[C@@H](C)c3ccccc3)cc2c1. The lowest BCUT2D eigenvalue weighted by molar-refractivity contribution is 0.392. The molecule has 0 saturated carbocycles. The van der Waals surface area contributed by atoms with E-state index in [2.05, 4.69) is 41.5 Å². The summed E-state index contributed by atoms with van der Waals surface area (Å²) in [6.45, 7) is 3.05. The summed E-state index contributed by atoms with van der Waals surface area (Å²) in [7, 11) is 1.63. The van der Waals surface area contributed by atoms with Crippen molar-refractivity contribution >= 4 is 28.2 Å². The predicted molar refractivity (Wildman–Crippen MR) is 137 cm³/mol. The van der Waals surface area contributed by atoms with Crippen molar-refractivity contribution in [3.63, 3.8) is 0 Å². The summed E-state index contributed by atoms with van der Waals surface area (Å²) in [5.74, 6) is 0.746. The first-order valence-electron chi connectivity index (χ1n) is 10.9. The number of benzene rings is 3. The molecule has 33 heavy (non-hydrogen) atoms. The molecule has 2 N–H and O–H groups in total. The van der Waals surface area contributed by atoms with Crippen LogP contribution in [0.1, 0.15) is 29.7 Å². The normalized spacial score (nSPS) is 11.7. The van der Waals surface area contributed by atoms with Crippen LogP contribution in [-0.4, -0.2) is 22.1 Å². The van der Waals surface area contributed by atoms with Crippen molar-refractivity contribution in [2.75, 3.05) is 7.11 Å². The third-order valence-electron chi connectivity index (χ3n) is 5.63. The fourth-order valence-corrected chi connectivity index (χ4v) is 4.09. The molecule has 0 saturated heterocycles. The van der Waals surface area contributed by atoms with Crippen LogP contribution in [0.25, 0.3) is 10.9 Å². The topological polar surface area (TPSA) is 57.4 Å². The number of pyridine rings is 1. The highest BCUT2D eigenvalue weighted by Gasteiger charge is 2.16. The summed E-state index contributed by atoms with van der Waals surface area (Å²) in [6.07, 6.45) is 0. The average Bonchev–Trinajstić information content (AvgIpc) is 2.84. The van der Waals surface area contributed by atoms with Gasteiger partial charge in [0.1, 0.15) is 5.75 Å². The molecule has 1 atom stereocenters. The van der Waals surface area contributed by atoms with Gasteiger partial charge in [-0.2, -0.15) is 0 Å². The number of nitrogens with zero attached hydrogens (tertiary/aromatic N) is 1. The number of aromatic nitrogens is 1. The maximum absolute atomic E-state index is 12.9. The van der Waals surface area contributed by atoms with Crippen molar-refractivity contribution < 1.29 is 4.74 Å². The van der Waals surface area contributed by atoms with E-state index in [1.165, 1.54) is 0 Å². The number of aromatic amines is 1. The molecule has 0 bridgehead atoms. The predicted octanol–water partition coefficient (Wildman–Crippen LogP) is 5.17. The molecule has 3 aromatic carbocycles. The second kappa shape index (κ2) is 10.3. The zero-order chi connectivity index (χ0) is 23.2. The first-order chi connectivity index (χ1) is 16.0. The smallest absolute Gasteiger partial charge is 0.253 e. The van der Waals surface area contributed by atoms with Gasteiger partial charge in [-0.15, -0.1) is 0 Å². The van der Waals surface area contributed by atoms with Crippen molar-refractivity contribution in [2.24, 2.45) is 0 Å². The molecule has 5 nitrogen and oxygen atoms in total. The minimum atomic E-state index is -0.121. The zero-order valence-electron chi connectivity index (χ0n) is 18.7. The van der Waals surface area contributed by atoms with E-state index in [9.17, 15) is 4.79 Å². The van der Waals surface area contributed by atoms with E-state index >= 15 is 0 Å². The minimum absolute atomic E-state index is 0.0381. The molecular weight excluding hydrogens is 430 g/mol. The molecule has 6 heteroatoms. The highest BCUT2D eigenvalue weighted by Crippen LogP contribution is 2.20. The van der Waals surface area contributed by atoms with Crippen LogP contribution < -0.4 is 15.6 Å². The van der Waals surface area contributed by atoms with Gasteiger partial charge in [-0.3, -0.25) is 4.79 Å². The third kappa shape index (κ3) is 5.59. The Labute approximate surface area is 199 Å². The number of thiocarbonyl (C=S) groups is 1. The Hall–Kier alpha value is -3.64. The standard InChI is InChI=1S/C27H27N3O2S/c1-19(21-11-7-4-8-12-21)28-27(33)30(17-20-9-5-3-6-10-20)18-23-15-22-16-24(32-2)13-14-25(22)29-26(23)31/h3-16,19H,17-18H2,1-2H3,(H,28,33)(H,29,31)/t19-/m0/s1. The number of hydrogen-bond acceptors (Lipinski definition) is 3. The first kappa shape index (κ1) is 22.6. The van der Waals surface area contributed by atoms with Crippen LogP contribution in [0.15, 0.2) is 89.7 Å². The van der Waals surface area contributed by atoms with Crippen LogP contribution >= 0.6 is 12.2 Å². The number of fused-ring (bicyclic) bond motifs is 1. The van der Waals surface area contributed by atoms with Gasteiger partial charge >= 0.3 is 0 Å². The van der Waals surface area contributed by atoms with Crippen LogP contribution in [-0.2, 0) is 13.1 Å². The Morgan fingerprint density at radius 1 is 1.00 bits per heavy atom. The van der Waals surface area contributed by atoms with Gasteiger partial charge in [0.05, 0.1) is 19.7 Å². The highest BCUT2D eigenvalue weighted by atomic mass is 32.1. The number of H-pyrrole nitrogens is 1. The minimum Gasteiger partial charge on any atom is -0.497 e. The summed E-state index contributed by atoms with van der Waals surface area (Å²) in [6, 6.07) is 27.9. The van der Waals surface area contributed by atoms with Gasteiger partial charge in [-0.1, -0.05) is 60.7 Å². The molecule has 0 spiro atoms. The summed E-state index contributed by atoms with van der Waals surface area (Å²) in [5, 5.41) is 4.95. The van der Waals surface area contributed by atoms with E-state index in [4.69, 9.17) is 17.0 Å². The number of ether oxygens (including phenoxy) is 1. The van der Waals surface area contributed by atoms with E-state index in [0.717, 1.165) is 27.8 Å². The van der Waals surface area contributed by atoms with Gasteiger partial charge in [-0.05, 0) is 54.5 Å². The van der Waals surface area contributed by atoms with Gasteiger partial charge in [0.15, 0.2) is 5.11 Å². The van der Waals surface area contributed by atoms with Gasteiger partial charge in [0, 0.05) is 23.0 Å². The maximum atomic E-state index is 12.9. The number of hydrogen-bond donors (Lipinski definition) is 2. The molecule has 0 aliphatic heterocycles. The monoisotopic (exact) mass is 457 g/mol. The van der Waals surface area contributed by atoms with Crippen LogP contribution in [0.4, 0.5) is 0 Å². The molecule has 1 aromatic heterocycles. The average molecular weight is 458 g/mol. The summed E-state index contributed by atoms with van der Waals surface area (Å²) in [5.41, 5.74) is 3.56. The van der Waals surface area contributed by atoms with Gasteiger partial charge in [0.2, 0.25) is 0 Å². The number of rotatable bonds is 7. The fourth-order valence-electron chi connectivity index (χ4n) is 3.78. The van der Waals surface area contributed by atoms with E-state index < -0.39 is 0 Å². The molecule has 0 unspecified atom stereocenters. The molecule has 0 fully saturated rings. The Bertz CT molecular complexity index is 1290. The van der Waals surface area contributed by atoms with E-state index in [1.54, 1.807) is 7.11 Å². The first-order valence-corrected chi connectivity index (χ1v) is 11.3. The molecule has 4 aromatic rings. The van der Waals surface area contributed by atoms with Gasteiger partial charge < -0.3 is 19.9 Å². The summed E-state index contributed by atoms with van der Waals surface area (Å²) in [4.78, 5) is 17.9. The van der Waals surface area contributed by atoms with E-state index in [1.807, 2.05) is 65.6 Å². The second-order valence-corrected chi connectivity index (χ2v) is 8.39. The molecule has 0 amide bonds. The van der Waals surface area contributed by atoms with Crippen LogP contribution in [0.5, 0.6) is 5.75 Å². The lowest BCUT2D eigenvalue weighted by Gasteiger charge is -2.28. The Kier molecular flexibility index (Phi) is 7.05. The summed E-state index contributed by atoms with van der Waals surface area (Å²) >= 11 is 5.81. The van der Waals surface area contributed by atoms with Crippen LogP contribution in [0.2, 0.25) is 0 Å². The van der Waals surface area contributed by atoms with Crippen molar-refractivity contribution in [1.82, 2.24) is 15.2 Å². The molecule has 1 heterocycles. The maximum Gasteiger partial charge on any atom is 0.253 e. The lowest BCUT2D eigenvalue weighted by Crippen LogP contribution is -2.41. The third-order valence-corrected chi connectivity index (χ3v) is 6.01. The van der Waals surface area contributed by atoms with E-state index in [0.29, 0.717) is 23.8 Å². The van der Waals surface area contributed by atoms with Crippen molar-refractivity contribution in [1.29, 1.82) is 0 Å². The van der Waals surface area contributed by atoms with Crippen molar-refractivity contribution in [3.8, 4) is 5.75 Å². The van der Waals surface area contributed by atoms with E-state index in [-0.39, 0.29) is 11.6 Å². The largest absolute Gasteiger partial charge is 0.497 e. The fraction of sp³-hybridized carbons (Fsp3) is 0.185. The molecular formula is C27H27N3O2S. The van der Waals surface area contributed by atoms with Crippen molar-refractivity contribution in [2.45, 2.75) is 26.1 Å². The van der Waals surface area contributed by atoms with Gasteiger partial charge in [-0.25, -0.2) is 0 Å². The van der Waals surface area contributed by atoms with Crippen LogP contribution in [0, 0.1) is 0 Å².